The first kappa shape index (κ1) is 28.2. The third-order valence-corrected chi connectivity index (χ3v) is 8.36. The van der Waals surface area contributed by atoms with E-state index in [1.165, 1.54) is 35.4 Å². The Labute approximate surface area is 213 Å². The summed E-state index contributed by atoms with van der Waals surface area (Å²) in [5.41, 5.74) is -0.505. The first-order valence-electron chi connectivity index (χ1n) is 12.7. The minimum Gasteiger partial charge on any atom is -0.459 e. The van der Waals surface area contributed by atoms with E-state index in [0.717, 1.165) is 38.4 Å². The summed E-state index contributed by atoms with van der Waals surface area (Å²) in [5.74, 6) is -1.24. The van der Waals surface area contributed by atoms with Crippen molar-refractivity contribution in [2.45, 2.75) is 84.1 Å². The Morgan fingerprint density at radius 1 is 1.08 bits per heavy atom. The number of hydrogen-bond donors (Lipinski definition) is 0. The molecule has 1 saturated carbocycles. The van der Waals surface area contributed by atoms with E-state index < -0.39 is 29.3 Å². The number of carbonyl (C=O) groups is 1. The van der Waals surface area contributed by atoms with Gasteiger partial charge in [0, 0.05) is 18.1 Å². The summed E-state index contributed by atoms with van der Waals surface area (Å²) >= 11 is 0. The van der Waals surface area contributed by atoms with Gasteiger partial charge in [-0.25, -0.2) is 4.79 Å². The van der Waals surface area contributed by atoms with E-state index in [1.807, 2.05) is 6.92 Å². The largest absolute Gasteiger partial charge is 0.459 e. The lowest BCUT2D eigenvalue weighted by Crippen LogP contribution is -2.53. The molecule has 1 fully saturated rings. The molecule has 2 aliphatic carbocycles. The van der Waals surface area contributed by atoms with Gasteiger partial charge in [0.2, 0.25) is 0 Å². The van der Waals surface area contributed by atoms with Crippen LogP contribution >= 0.6 is 0 Å². The van der Waals surface area contributed by atoms with E-state index in [9.17, 15) is 18.0 Å². The van der Waals surface area contributed by atoms with E-state index >= 15 is 0 Å². The highest BCUT2D eigenvalue weighted by Gasteiger charge is 2.65. The van der Waals surface area contributed by atoms with Gasteiger partial charge < -0.3 is 9.47 Å². The topological polar surface area (TPSA) is 35.5 Å². The normalized spacial score (nSPS) is 32.1. The van der Waals surface area contributed by atoms with E-state index in [4.69, 9.17) is 9.47 Å². The summed E-state index contributed by atoms with van der Waals surface area (Å²) in [7, 11) is 0.909. The molecule has 0 radical (unpaired) electrons. The standard InChI is InChI=1S/C30H39F3O3/c1-20(2)24-19-26(28(5)18-17-22(4)12-10-11-21(3)15-16-25(24)28)36-27(34)29(35-6,30(31,32)33)23-13-8-7-9-14-23/h7-9,11,13-14,17,24-26H,1,10,12,15-16,18-19H2,2-6H3/b21-11+,22-17+/t24-,25+,26-,28-,29+/m1/s1. The molecule has 198 valence electrons. The number of methoxy groups -OCH3 is 1. The van der Waals surface area contributed by atoms with Gasteiger partial charge >= 0.3 is 12.1 Å². The molecule has 0 N–H and O–H groups in total. The second-order valence-corrected chi connectivity index (χ2v) is 10.8. The number of alkyl halides is 3. The highest BCUT2D eigenvalue weighted by Crippen LogP contribution is 2.56. The van der Waals surface area contributed by atoms with Crippen molar-refractivity contribution in [3.05, 3.63) is 71.3 Å². The number of carbonyl (C=O) groups excluding carboxylic acids is 1. The smallest absolute Gasteiger partial charge is 0.432 e. The van der Waals surface area contributed by atoms with Crippen LogP contribution in [-0.4, -0.2) is 25.4 Å². The van der Waals surface area contributed by atoms with Crippen LogP contribution in [0.5, 0.6) is 0 Å². The Morgan fingerprint density at radius 3 is 2.31 bits per heavy atom. The number of fused-ring (bicyclic) bond motifs is 1. The number of benzene rings is 1. The van der Waals surface area contributed by atoms with Crippen LogP contribution in [0.25, 0.3) is 0 Å². The minimum absolute atomic E-state index is 0.0506. The van der Waals surface area contributed by atoms with Crippen molar-refractivity contribution >= 4 is 5.97 Å². The number of esters is 1. The molecule has 0 saturated heterocycles. The second kappa shape index (κ2) is 11.0. The molecule has 0 bridgehead atoms. The number of ether oxygens (including phenoxy) is 2. The lowest BCUT2D eigenvalue weighted by atomic mass is 9.70. The summed E-state index contributed by atoms with van der Waals surface area (Å²) in [4.78, 5) is 13.5. The Morgan fingerprint density at radius 2 is 1.72 bits per heavy atom. The van der Waals surface area contributed by atoms with Crippen LogP contribution in [0.3, 0.4) is 0 Å². The molecule has 0 unspecified atom stereocenters. The quantitative estimate of drug-likeness (QED) is 0.300. The molecule has 0 spiro atoms. The van der Waals surface area contributed by atoms with E-state index in [2.05, 4.69) is 39.5 Å². The predicted octanol–water partition coefficient (Wildman–Crippen LogP) is 8.08. The molecule has 36 heavy (non-hydrogen) atoms. The first-order valence-corrected chi connectivity index (χ1v) is 12.7. The van der Waals surface area contributed by atoms with Crippen molar-refractivity contribution in [2.75, 3.05) is 7.11 Å². The van der Waals surface area contributed by atoms with Gasteiger partial charge in [0.25, 0.3) is 5.60 Å². The number of allylic oxidation sites excluding steroid dienone is 5. The van der Waals surface area contributed by atoms with Gasteiger partial charge in [-0.2, -0.15) is 13.2 Å². The molecule has 0 aromatic heterocycles. The Bertz CT molecular complexity index is 1010. The van der Waals surface area contributed by atoms with Crippen molar-refractivity contribution in [1.82, 2.24) is 0 Å². The van der Waals surface area contributed by atoms with E-state index in [1.54, 1.807) is 6.07 Å². The summed E-state index contributed by atoms with van der Waals surface area (Å²) < 4.78 is 54.5. The van der Waals surface area contributed by atoms with Gasteiger partial charge in [0.1, 0.15) is 6.10 Å². The van der Waals surface area contributed by atoms with E-state index in [-0.39, 0.29) is 17.4 Å². The molecular weight excluding hydrogens is 465 g/mol. The van der Waals surface area contributed by atoms with Gasteiger partial charge in [-0.05, 0) is 71.1 Å². The summed E-state index contributed by atoms with van der Waals surface area (Å²) in [5, 5.41) is 0. The maximum Gasteiger partial charge on any atom is 0.432 e. The van der Waals surface area contributed by atoms with Gasteiger partial charge in [-0.1, -0.05) is 72.7 Å². The third-order valence-electron chi connectivity index (χ3n) is 8.36. The van der Waals surface area contributed by atoms with Crippen molar-refractivity contribution < 1.29 is 27.4 Å². The van der Waals surface area contributed by atoms with Crippen LogP contribution < -0.4 is 0 Å². The average Bonchev–Trinajstić information content (AvgIpc) is 3.07. The van der Waals surface area contributed by atoms with Crippen LogP contribution in [0.1, 0.15) is 71.8 Å². The molecule has 0 heterocycles. The number of rotatable bonds is 5. The second-order valence-electron chi connectivity index (χ2n) is 10.8. The molecule has 1 aromatic carbocycles. The molecule has 2 aliphatic rings. The number of hydrogen-bond acceptors (Lipinski definition) is 3. The van der Waals surface area contributed by atoms with Gasteiger partial charge in [-0.15, -0.1) is 0 Å². The van der Waals surface area contributed by atoms with Gasteiger partial charge in [0.05, 0.1) is 0 Å². The minimum atomic E-state index is -5.00. The van der Waals surface area contributed by atoms with Crippen LogP contribution in [0.15, 0.2) is 65.8 Å². The molecule has 0 amide bonds. The van der Waals surface area contributed by atoms with Crippen LogP contribution in [0.4, 0.5) is 13.2 Å². The number of halogens is 3. The highest BCUT2D eigenvalue weighted by atomic mass is 19.4. The van der Waals surface area contributed by atoms with Crippen molar-refractivity contribution in [3.8, 4) is 0 Å². The van der Waals surface area contributed by atoms with Crippen molar-refractivity contribution in [3.63, 3.8) is 0 Å². The maximum absolute atomic E-state index is 14.5. The van der Waals surface area contributed by atoms with E-state index in [0.29, 0.717) is 12.8 Å². The lowest BCUT2D eigenvalue weighted by molar-refractivity contribution is -0.279. The van der Waals surface area contributed by atoms with Crippen LogP contribution in [0, 0.1) is 17.3 Å². The van der Waals surface area contributed by atoms with Gasteiger partial charge in [0.15, 0.2) is 0 Å². The fourth-order valence-electron chi connectivity index (χ4n) is 6.03. The molecule has 1 aromatic rings. The van der Waals surface area contributed by atoms with Gasteiger partial charge in [-0.3, -0.25) is 0 Å². The molecular formula is C30H39F3O3. The fourth-order valence-corrected chi connectivity index (χ4v) is 6.03. The zero-order valence-corrected chi connectivity index (χ0v) is 22.1. The average molecular weight is 505 g/mol. The molecule has 0 aliphatic heterocycles. The van der Waals surface area contributed by atoms with Crippen molar-refractivity contribution in [1.29, 1.82) is 0 Å². The molecule has 3 nitrogen and oxygen atoms in total. The molecule has 6 heteroatoms. The predicted molar refractivity (Wildman–Crippen MR) is 136 cm³/mol. The SMILES string of the molecule is C=C(C)[C@H]1C[C@@H](OC(=O)[C@@](OC)(c2ccccc2)C(F)(F)F)[C@]2(C)C/C=C(\C)CC/C=C(\C)CC[C@@H]12. The highest BCUT2D eigenvalue weighted by molar-refractivity contribution is 5.83. The fraction of sp³-hybridized carbons (Fsp3) is 0.567. The molecule has 5 atom stereocenters. The van der Waals surface area contributed by atoms with Crippen LogP contribution in [-0.2, 0) is 19.9 Å². The molecule has 3 rings (SSSR count). The lowest BCUT2D eigenvalue weighted by Gasteiger charge is -2.39. The summed E-state index contributed by atoms with van der Waals surface area (Å²) in [6.45, 7) is 12.4. The Hall–Kier alpha value is -2.34. The first-order chi connectivity index (χ1) is 16.9. The third kappa shape index (κ3) is 5.34. The van der Waals surface area contributed by atoms with Crippen molar-refractivity contribution in [2.24, 2.45) is 17.3 Å². The Balaban J connectivity index is 2.05. The Kier molecular flexibility index (Phi) is 8.59. The zero-order chi connectivity index (χ0) is 26.7. The van der Waals surface area contributed by atoms with Crippen LogP contribution in [0.2, 0.25) is 0 Å². The maximum atomic E-state index is 14.5. The summed E-state index contributed by atoms with van der Waals surface area (Å²) in [6.07, 6.45) is 3.49. The summed E-state index contributed by atoms with van der Waals surface area (Å²) in [6, 6.07) is 7.02. The monoisotopic (exact) mass is 504 g/mol. The zero-order valence-electron chi connectivity index (χ0n) is 22.1.